The molecule has 0 aliphatic carbocycles. The van der Waals surface area contributed by atoms with E-state index in [0.29, 0.717) is 12.2 Å². The van der Waals surface area contributed by atoms with Gasteiger partial charge in [0, 0.05) is 24.0 Å². The minimum Gasteiger partial charge on any atom is -0.347 e. The molecule has 0 atom stereocenters. The Morgan fingerprint density at radius 3 is 2.63 bits per heavy atom. The summed E-state index contributed by atoms with van der Waals surface area (Å²) in [5.41, 5.74) is 1.32. The van der Waals surface area contributed by atoms with Crippen molar-refractivity contribution in [3.05, 3.63) is 33.2 Å². The van der Waals surface area contributed by atoms with Crippen LogP contribution in [0.5, 0.6) is 0 Å². The van der Waals surface area contributed by atoms with Crippen LogP contribution in [0.4, 0.5) is 0 Å². The molecule has 1 aliphatic heterocycles. The Kier molecular flexibility index (Phi) is 3.83. The fraction of sp³-hybridized carbons (Fsp3) is 0.500. The number of carbonyl (C=O) groups is 2. The average molecular weight is 262 g/mol. The van der Waals surface area contributed by atoms with Crippen molar-refractivity contribution in [2.45, 2.75) is 46.1 Å². The van der Waals surface area contributed by atoms with Gasteiger partial charge in [0.1, 0.15) is 5.56 Å². The zero-order valence-corrected chi connectivity index (χ0v) is 11.3. The van der Waals surface area contributed by atoms with Crippen LogP contribution in [-0.2, 0) is 24.2 Å². The highest BCUT2D eigenvalue weighted by Crippen LogP contribution is 2.15. The van der Waals surface area contributed by atoms with E-state index in [-0.39, 0.29) is 23.3 Å². The number of nitrogens with zero attached hydrogens (tertiary/aromatic N) is 1. The standard InChI is InChI=1S/C14H18N2O3/c1-3-5-6-9-7-11(17)13-10(16(9)4-2)8-12(18)15-14(13)19/h7H,3-6,8H2,1-2H3,(H,15,18,19). The third-order valence-electron chi connectivity index (χ3n) is 3.42. The molecule has 0 saturated carbocycles. The van der Waals surface area contributed by atoms with Gasteiger partial charge in [0.2, 0.25) is 5.91 Å². The van der Waals surface area contributed by atoms with Crippen LogP contribution in [0, 0.1) is 0 Å². The quantitative estimate of drug-likeness (QED) is 0.824. The maximum atomic E-state index is 12.0. The lowest BCUT2D eigenvalue weighted by atomic mass is 10.0. The predicted octanol–water partition coefficient (Wildman–Crippen LogP) is 1.02. The molecule has 5 nitrogen and oxygen atoms in total. The maximum Gasteiger partial charge on any atom is 0.263 e. The highest BCUT2D eigenvalue weighted by Gasteiger charge is 2.28. The van der Waals surface area contributed by atoms with E-state index < -0.39 is 5.91 Å². The second kappa shape index (κ2) is 5.38. The minimum atomic E-state index is -0.569. The topological polar surface area (TPSA) is 68.2 Å². The molecule has 1 aromatic rings. The number of rotatable bonds is 4. The summed E-state index contributed by atoms with van der Waals surface area (Å²) >= 11 is 0. The van der Waals surface area contributed by atoms with Crippen molar-refractivity contribution in [3.63, 3.8) is 0 Å². The van der Waals surface area contributed by atoms with Crippen LogP contribution in [-0.4, -0.2) is 16.4 Å². The van der Waals surface area contributed by atoms with Gasteiger partial charge in [0.05, 0.1) is 6.42 Å². The number of aromatic nitrogens is 1. The number of nitrogens with one attached hydrogen (secondary N) is 1. The van der Waals surface area contributed by atoms with E-state index in [4.69, 9.17) is 0 Å². The molecule has 1 N–H and O–H groups in total. The Balaban J connectivity index is 2.60. The van der Waals surface area contributed by atoms with Crippen molar-refractivity contribution >= 4 is 11.8 Å². The minimum absolute atomic E-state index is 0.101. The number of hydrogen-bond donors (Lipinski definition) is 1. The average Bonchev–Trinajstić information content (AvgIpc) is 2.35. The van der Waals surface area contributed by atoms with Gasteiger partial charge in [0.15, 0.2) is 5.43 Å². The fourth-order valence-corrected chi connectivity index (χ4v) is 2.52. The van der Waals surface area contributed by atoms with Crippen molar-refractivity contribution in [3.8, 4) is 0 Å². The second-order valence-electron chi connectivity index (χ2n) is 4.72. The number of unbranched alkanes of at least 4 members (excludes halogenated alkanes) is 1. The molecule has 0 fully saturated rings. The summed E-state index contributed by atoms with van der Waals surface area (Å²) in [6.45, 7) is 4.70. The number of amides is 2. The molecule has 2 amide bonds. The van der Waals surface area contributed by atoms with Crippen molar-refractivity contribution in [1.82, 2.24) is 9.88 Å². The summed E-state index contributed by atoms with van der Waals surface area (Å²) in [5.74, 6) is -0.910. The van der Waals surface area contributed by atoms with Gasteiger partial charge >= 0.3 is 0 Å². The predicted molar refractivity (Wildman–Crippen MR) is 71.2 cm³/mol. The van der Waals surface area contributed by atoms with Crippen molar-refractivity contribution in [1.29, 1.82) is 0 Å². The van der Waals surface area contributed by atoms with E-state index >= 15 is 0 Å². The lowest BCUT2D eigenvalue weighted by molar-refractivity contribution is -0.119. The first kappa shape index (κ1) is 13.5. The molecule has 0 radical (unpaired) electrons. The van der Waals surface area contributed by atoms with Gasteiger partial charge in [-0.05, 0) is 19.8 Å². The maximum absolute atomic E-state index is 12.0. The molecular formula is C14H18N2O3. The van der Waals surface area contributed by atoms with Gasteiger partial charge in [0.25, 0.3) is 5.91 Å². The van der Waals surface area contributed by atoms with Gasteiger partial charge in [-0.1, -0.05) is 13.3 Å². The Morgan fingerprint density at radius 1 is 1.26 bits per heavy atom. The van der Waals surface area contributed by atoms with Crippen LogP contribution in [0.3, 0.4) is 0 Å². The SMILES string of the molecule is CCCCc1cc(=O)c2c(n1CC)CC(=O)NC2=O. The van der Waals surface area contributed by atoms with Gasteiger partial charge in [-0.2, -0.15) is 0 Å². The molecule has 0 aromatic carbocycles. The summed E-state index contributed by atoms with van der Waals surface area (Å²) in [4.78, 5) is 35.3. The molecule has 0 saturated heterocycles. The van der Waals surface area contributed by atoms with Crippen LogP contribution >= 0.6 is 0 Å². The number of fused-ring (bicyclic) bond motifs is 1. The van der Waals surface area contributed by atoms with Crippen LogP contribution in [0.25, 0.3) is 0 Å². The Morgan fingerprint density at radius 2 is 2.00 bits per heavy atom. The van der Waals surface area contributed by atoms with Crippen LogP contribution in [0.1, 0.15) is 48.4 Å². The van der Waals surface area contributed by atoms with E-state index in [2.05, 4.69) is 12.2 Å². The van der Waals surface area contributed by atoms with Crippen LogP contribution < -0.4 is 10.7 Å². The highest BCUT2D eigenvalue weighted by atomic mass is 16.2. The van der Waals surface area contributed by atoms with Gasteiger partial charge in [-0.25, -0.2) is 0 Å². The zero-order valence-electron chi connectivity index (χ0n) is 11.3. The van der Waals surface area contributed by atoms with Crippen LogP contribution in [0.2, 0.25) is 0 Å². The molecule has 0 unspecified atom stereocenters. The molecule has 2 heterocycles. The lowest BCUT2D eigenvalue weighted by Crippen LogP contribution is -2.43. The first-order chi connectivity index (χ1) is 9.08. The van der Waals surface area contributed by atoms with E-state index in [1.807, 2.05) is 11.5 Å². The summed E-state index contributed by atoms with van der Waals surface area (Å²) < 4.78 is 1.93. The van der Waals surface area contributed by atoms with E-state index in [0.717, 1.165) is 25.0 Å². The first-order valence-electron chi connectivity index (χ1n) is 6.68. The zero-order chi connectivity index (χ0) is 14.0. The van der Waals surface area contributed by atoms with Gasteiger partial charge < -0.3 is 4.57 Å². The number of hydrogen-bond acceptors (Lipinski definition) is 3. The highest BCUT2D eigenvalue weighted by molar-refractivity contribution is 6.09. The molecule has 1 aliphatic rings. The third-order valence-corrected chi connectivity index (χ3v) is 3.42. The largest absolute Gasteiger partial charge is 0.347 e. The molecular weight excluding hydrogens is 244 g/mol. The van der Waals surface area contributed by atoms with Gasteiger partial charge in [-0.3, -0.25) is 19.7 Å². The molecule has 2 rings (SSSR count). The van der Waals surface area contributed by atoms with Gasteiger partial charge in [-0.15, -0.1) is 0 Å². The summed E-state index contributed by atoms with van der Waals surface area (Å²) in [5, 5.41) is 2.20. The summed E-state index contributed by atoms with van der Waals surface area (Å²) in [7, 11) is 0. The number of pyridine rings is 1. The molecule has 0 bridgehead atoms. The molecule has 5 heteroatoms. The van der Waals surface area contributed by atoms with E-state index in [1.165, 1.54) is 6.07 Å². The van der Waals surface area contributed by atoms with E-state index in [9.17, 15) is 14.4 Å². The molecule has 0 spiro atoms. The van der Waals surface area contributed by atoms with Crippen molar-refractivity contribution in [2.75, 3.05) is 0 Å². The third kappa shape index (κ3) is 2.45. The monoisotopic (exact) mass is 262 g/mol. The van der Waals surface area contributed by atoms with E-state index in [1.54, 1.807) is 0 Å². The molecule has 1 aromatic heterocycles. The molecule has 102 valence electrons. The Bertz CT molecular complexity index is 587. The Labute approximate surface area is 111 Å². The lowest BCUT2D eigenvalue weighted by Gasteiger charge is -2.22. The smallest absolute Gasteiger partial charge is 0.263 e. The van der Waals surface area contributed by atoms with Crippen molar-refractivity contribution < 1.29 is 9.59 Å². The number of carbonyl (C=O) groups excluding carboxylic acids is 2. The fourth-order valence-electron chi connectivity index (χ4n) is 2.52. The summed E-state index contributed by atoms with van der Waals surface area (Å²) in [6.07, 6.45) is 2.92. The van der Waals surface area contributed by atoms with Crippen molar-refractivity contribution in [2.24, 2.45) is 0 Å². The summed E-state index contributed by atoms with van der Waals surface area (Å²) in [6, 6.07) is 1.54. The first-order valence-corrected chi connectivity index (χ1v) is 6.68. The molecule has 19 heavy (non-hydrogen) atoms. The normalized spacial score (nSPS) is 14.2. The Hall–Kier alpha value is -1.91. The van der Waals surface area contributed by atoms with Crippen LogP contribution in [0.15, 0.2) is 10.9 Å². The second-order valence-corrected chi connectivity index (χ2v) is 4.72. The number of imide groups is 1. The number of aryl methyl sites for hydroxylation is 1.